The zero-order chi connectivity index (χ0) is 14.4. The van der Waals surface area contributed by atoms with Gasteiger partial charge in [-0.1, -0.05) is 28.1 Å². The number of aromatic nitrogens is 2. The summed E-state index contributed by atoms with van der Waals surface area (Å²) in [5.74, 6) is 1.63. The van der Waals surface area contributed by atoms with Gasteiger partial charge in [0, 0.05) is 36.3 Å². The molecule has 0 spiro atoms. The van der Waals surface area contributed by atoms with Crippen molar-refractivity contribution in [2.24, 2.45) is 7.05 Å². The summed E-state index contributed by atoms with van der Waals surface area (Å²) in [7, 11) is 1.94. The fourth-order valence-corrected chi connectivity index (χ4v) is 2.45. The van der Waals surface area contributed by atoms with Gasteiger partial charge in [0.1, 0.15) is 0 Å². The van der Waals surface area contributed by atoms with E-state index in [0.29, 0.717) is 13.2 Å². The van der Waals surface area contributed by atoms with E-state index in [-0.39, 0.29) is 0 Å². The van der Waals surface area contributed by atoms with Crippen molar-refractivity contribution in [3.8, 4) is 11.5 Å². The van der Waals surface area contributed by atoms with E-state index >= 15 is 0 Å². The summed E-state index contributed by atoms with van der Waals surface area (Å²) in [6.45, 7) is 3.20. The van der Waals surface area contributed by atoms with Crippen molar-refractivity contribution in [3.63, 3.8) is 0 Å². The molecule has 0 amide bonds. The summed E-state index contributed by atoms with van der Waals surface area (Å²) in [4.78, 5) is 0. The lowest BCUT2D eigenvalue weighted by Gasteiger charge is -2.15. The first-order valence-corrected chi connectivity index (χ1v) is 7.78. The average molecular weight is 339 g/mol. The van der Waals surface area contributed by atoms with E-state index in [4.69, 9.17) is 9.47 Å². The Bertz CT molecular complexity index is 555. The molecule has 108 valence electrons. The summed E-state index contributed by atoms with van der Waals surface area (Å²) in [5.41, 5.74) is 2.25. The van der Waals surface area contributed by atoms with Crippen molar-refractivity contribution < 1.29 is 9.47 Å². The minimum absolute atomic E-state index is 0.601. The van der Waals surface area contributed by atoms with Gasteiger partial charge in [-0.05, 0) is 19.1 Å². The number of rotatable bonds is 7. The summed E-state index contributed by atoms with van der Waals surface area (Å²) < 4.78 is 13.4. The third-order valence-electron chi connectivity index (χ3n) is 3.03. The highest BCUT2D eigenvalue weighted by molar-refractivity contribution is 9.08. The van der Waals surface area contributed by atoms with Crippen LogP contribution in [-0.4, -0.2) is 23.0 Å². The molecule has 0 aliphatic heterocycles. The molecule has 1 aromatic carbocycles. The van der Waals surface area contributed by atoms with E-state index in [0.717, 1.165) is 34.5 Å². The lowest BCUT2D eigenvalue weighted by Crippen LogP contribution is -2.08. The maximum Gasteiger partial charge on any atom is 0.165 e. The monoisotopic (exact) mass is 338 g/mol. The lowest BCUT2D eigenvalue weighted by molar-refractivity contribution is 0.276. The van der Waals surface area contributed by atoms with Crippen molar-refractivity contribution in [3.05, 3.63) is 41.7 Å². The van der Waals surface area contributed by atoms with Gasteiger partial charge < -0.3 is 9.47 Å². The molecule has 1 aromatic heterocycles. The van der Waals surface area contributed by atoms with E-state index in [2.05, 4.69) is 21.0 Å². The summed E-state index contributed by atoms with van der Waals surface area (Å²) in [6, 6.07) is 7.96. The van der Waals surface area contributed by atoms with Crippen LogP contribution in [0.15, 0.2) is 30.5 Å². The van der Waals surface area contributed by atoms with Crippen LogP contribution in [0.25, 0.3) is 0 Å². The molecule has 5 heteroatoms. The second kappa shape index (κ2) is 7.33. The molecule has 4 nitrogen and oxygen atoms in total. The fraction of sp³-hybridized carbons (Fsp3) is 0.400. The quantitative estimate of drug-likeness (QED) is 0.726. The van der Waals surface area contributed by atoms with Crippen LogP contribution in [0.3, 0.4) is 0 Å². The number of hydrogen-bond donors (Lipinski definition) is 0. The molecule has 0 saturated carbocycles. The molecule has 0 aliphatic carbocycles. The first kappa shape index (κ1) is 14.9. The van der Waals surface area contributed by atoms with E-state index in [1.54, 1.807) is 6.20 Å². The second-order valence-electron chi connectivity index (χ2n) is 4.36. The Kier molecular flexibility index (Phi) is 5.47. The van der Waals surface area contributed by atoms with Gasteiger partial charge in [-0.15, -0.1) is 0 Å². The normalized spacial score (nSPS) is 10.6. The number of aryl methyl sites for hydroxylation is 1. The first-order chi connectivity index (χ1) is 9.76. The average Bonchev–Trinajstić information content (AvgIpc) is 2.86. The molecule has 0 radical (unpaired) electrons. The maximum atomic E-state index is 5.94. The van der Waals surface area contributed by atoms with Gasteiger partial charge in [-0.2, -0.15) is 5.10 Å². The van der Waals surface area contributed by atoms with Gasteiger partial charge in [0.15, 0.2) is 11.5 Å². The van der Waals surface area contributed by atoms with Crippen LogP contribution in [-0.2, 0) is 18.8 Å². The third kappa shape index (κ3) is 3.54. The van der Waals surface area contributed by atoms with E-state index < -0.39 is 0 Å². The number of hydrogen-bond acceptors (Lipinski definition) is 3. The molecule has 20 heavy (non-hydrogen) atoms. The van der Waals surface area contributed by atoms with Crippen LogP contribution in [0.5, 0.6) is 11.5 Å². The molecule has 0 fully saturated rings. The van der Waals surface area contributed by atoms with Crippen LogP contribution in [0.1, 0.15) is 18.2 Å². The highest BCUT2D eigenvalue weighted by Gasteiger charge is 2.10. The van der Waals surface area contributed by atoms with Crippen LogP contribution in [0.2, 0.25) is 0 Å². The summed E-state index contributed by atoms with van der Waals surface area (Å²) >= 11 is 3.49. The van der Waals surface area contributed by atoms with Crippen molar-refractivity contribution in [1.82, 2.24) is 9.78 Å². The predicted molar refractivity (Wildman–Crippen MR) is 82.6 cm³/mol. The zero-order valence-corrected chi connectivity index (χ0v) is 13.4. The molecule has 2 aromatic rings. The molecule has 1 heterocycles. The van der Waals surface area contributed by atoms with Gasteiger partial charge in [0.2, 0.25) is 0 Å². The molecule has 0 saturated heterocycles. The highest BCUT2D eigenvalue weighted by atomic mass is 79.9. The Morgan fingerprint density at radius 2 is 2.10 bits per heavy atom. The van der Waals surface area contributed by atoms with E-state index in [1.165, 1.54) is 0 Å². The Labute approximate surface area is 127 Å². The number of alkyl halides is 1. The van der Waals surface area contributed by atoms with E-state index in [9.17, 15) is 0 Å². The van der Waals surface area contributed by atoms with Crippen molar-refractivity contribution in [1.29, 1.82) is 0 Å². The second-order valence-corrected chi connectivity index (χ2v) is 4.92. The van der Waals surface area contributed by atoms with Gasteiger partial charge in [-0.3, -0.25) is 4.68 Å². The Morgan fingerprint density at radius 3 is 2.75 bits per heavy atom. The molecule has 0 aliphatic rings. The van der Waals surface area contributed by atoms with Crippen LogP contribution >= 0.6 is 15.9 Å². The number of nitrogens with zero attached hydrogens (tertiary/aromatic N) is 2. The standard InChI is InChI=1S/C15H19BrN2O2/c1-3-19-14-6-4-5-12(11-16)15(14)20-10-8-13-7-9-17-18(13)2/h4-7,9H,3,8,10-11H2,1-2H3. The van der Waals surface area contributed by atoms with Crippen LogP contribution in [0, 0.1) is 0 Å². The summed E-state index contributed by atoms with van der Waals surface area (Å²) in [6.07, 6.45) is 2.62. The smallest absolute Gasteiger partial charge is 0.165 e. The first-order valence-electron chi connectivity index (χ1n) is 6.66. The van der Waals surface area contributed by atoms with Crippen LogP contribution in [0.4, 0.5) is 0 Å². The number of halogens is 1. The highest BCUT2D eigenvalue weighted by Crippen LogP contribution is 2.32. The number of benzene rings is 1. The Morgan fingerprint density at radius 1 is 1.25 bits per heavy atom. The predicted octanol–water partition coefficient (Wildman–Crippen LogP) is 3.34. The fourth-order valence-electron chi connectivity index (χ4n) is 2.00. The van der Waals surface area contributed by atoms with Crippen LogP contribution < -0.4 is 9.47 Å². The molecule has 0 bridgehead atoms. The zero-order valence-electron chi connectivity index (χ0n) is 11.8. The maximum absolute atomic E-state index is 5.94. The minimum atomic E-state index is 0.601. The van der Waals surface area contributed by atoms with Gasteiger partial charge in [0.25, 0.3) is 0 Å². The third-order valence-corrected chi connectivity index (χ3v) is 3.64. The molecule has 0 atom stereocenters. The van der Waals surface area contributed by atoms with E-state index in [1.807, 2.05) is 42.9 Å². The van der Waals surface area contributed by atoms with Gasteiger partial charge >= 0.3 is 0 Å². The molecule has 0 unspecified atom stereocenters. The summed E-state index contributed by atoms with van der Waals surface area (Å²) in [5, 5.41) is 4.90. The van der Waals surface area contributed by atoms with Gasteiger partial charge in [0.05, 0.1) is 13.2 Å². The topological polar surface area (TPSA) is 36.3 Å². The SMILES string of the molecule is CCOc1cccc(CBr)c1OCCc1ccnn1C. The molecular formula is C15H19BrN2O2. The Hall–Kier alpha value is -1.49. The molecule has 0 N–H and O–H groups in total. The van der Waals surface area contributed by atoms with Crippen molar-refractivity contribution in [2.45, 2.75) is 18.7 Å². The minimum Gasteiger partial charge on any atom is -0.490 e. The van der Waals surface area contributed by atoms with Gasteiger partial charge in [-0.25, -0.2) is 0 Å². The number of para-hydroxylation sites is 1. The number of ether oxygens (including phenoxy) is 2. The Balaban J connectivity index is 2.05. The largest absolute Gasteiger partial charge is 0.490 e. The molecular weight excluding hydrogens is 320 g/mol. The molecule has 2 rings (SSSR count). The van der Waals surface area contributed by atoms with Crippen molar-refractivity contribution in [2.75, 3.05) is 13.2 Å². The lowest BCUT2D eigenvalue weighted by atomic mass is 10.2. The van der Waals surface area contributed by atoms with Crippen molar-refractivity contribution >= 4 is 15.9 Å².